The average Bonchev–Trinajstić information content (AvgIpc) is 3.32. The van der Waals surface area contributed by atoms with E-state index in [1.807, 2.05) is 6.07 Å². The molecule has 4 N–H and O–H groups in total. The lowest BCUT2D eigenvalue weighted by atomic mass is 10.1. The first-order chi connectivity index (χ1) is 13.7. The Kier molecular flexibility index (Phi) is 4.12. The van der Waals surface area contributed by atoms with Crippen molar-refractivity contribution in [3.05, 3.63) is 39.1 Å². The summed E-state index contributed by atoms with van der Waals surface area (Å²) < 4.78 is 7.12. The molecular formula is C18H21N7O3. The van der Waals surface area contributed by atoms with Gasteiger partial charge in [-0.3, -0.25) is 9.98 Å². The van der Waals surface area contributed by atoms with Gasteiger partial charge in [-0.25, -0.2) is 9.78 Å². The molecule has 5 rings (SSSR count). The lowest BCUT2D eigenvalue weighted by Gasteiger charge is -2.23. The van der Waals surface area contributed by atoms with Crippen LogP contribution in [0.2, 0.25) is 0 Å². The van der Waals surface area contributed by atoms with Gasteiger partial charge in [0.1, 0.15) is 11.5 Å². The van der Waals surface area contributed by atoms with Crippen LogP contribution < -0.4 is 21.7 Å². The maximum Gasteiger partial charge on any atom is 0.326 e. The molecule has 10 nitrogen and oxygen atoms in total. The Morgan fingerprint density at radius 2 is 2.11 bits per heavy atom. The number of anilines is 1. The molecule has 0 atom stereocenters. The van der Waals surface area contributed by atoms with Crippen LogP contribution in [-0.4, -0.2) is 55.0 Å². The third-order valence-electron chi connectivity index (χ3n) is 4.95. The lowest BCUT2D eigenvalue weighted by molar-refractivity contribution is 0.0904. The van der Waals surface area contributed by atoms with Gasteiger partial charge in [-0.1, -0.05) is 0 Å². The van der Waals surface area contributed by atoms with Gasteiger partial charge in [-0.05, 0) is 31.8 Å². The molecule has 0 bridgehead atoms. The van der Waals surface area contributed by atoms with Gasteiger partial charge in [-0.2, -0.15) is 9.61 Å². The standard InChI is InChI=1S/C18H21N7O3/c26-17-13(22-18(27)24-17)7-10-9-19-25-15(21-11-1-2-11)8-14(23-16(10)25)20-12-3-5-28-6-4-12/h7-9,11-12,20,26H,1-6H2,(H2,22,24,27)/b10-7+,21-15?. The summed E-state index contributed by atoms with van der Waals surface area (Å²) in [4.78, 5) is 25.7. The highest BCUT2D eigenvalue weighted by molar-refractivity contribution is 5.58. The summed E-state index contributed by atoms with van der Waals surface area (Å²) in [5.41, 5.74) is 1.16. The molecule has 2 aliphatic rings. The van der Waals surface area contributed by atoms with E-state index < -0.39 is 5.69 Å². The highest BCUT2D eigenvalue weighted by Gasteiger charge is 2.21. The number of imidazole rings is 1. The summed E-state index contributed by atoms with van der Waals surface area (Å²) in [5, 5.41) is 18.4. The van der Waals surface area contributed by atoms with Crippen molar-refractivity contribution in [2.45, 2.75) is 37.8 Å². The fourth-order valence-electron chi connectivity index (χ4n) is 3.32. The van der Waals surface area contributed by atoms with Crippen molar-refractivity contribution >= 4 is 17.5 Å². The Bertz CT molecular complexity index is 1180. The van der Waals surface area contributed by atoms with Gasteiger partial charge < -0.3 is 20.1 Å². The fourth-order valence-corrected chi connectivity index (χ4v) is 3.32. The van der Waals surface area contributed by atoms with Crippen molar-refractivity contribution < 1.29 is 9.84 Å². The highest BCUT2D eigenvalue weighted by Crippen LogP contribution is 2.22. The van der Waals surface area contributed by atoms with Crippen LogP contribution in [0, 0.1) is 0 Å². The number of H-pyrrole nitrogens is 2. The molecule has 1 saturated carbocycles. The number of ether oxygens (including phenoxy) is 1. The molecule has 3 aromatic heterocycles. The predicted octanol–water partition coefficient (Wildman–Crippen LogP) is -0.347. The first kappa shape index (κ1) is 17.0. The summed E-state index contributed by atoms with van der Waals surface area (Å²) in [6, 6.07) is 2.56. The maximum absolute atomic E-state index is 11.4. The van der Waals surface area contributed by atoms with Crippen LogP contribution in [0.15, 0.2) is 22.1 Å². The summed E-state index contributed by atoms with van der Waals surface area (Å²) >= 11 is 0. The monoisotopic (exact) mass is 383 g/mol. The quantitative estimate of drug-likeness (QED) is 0.487. The molecule has 28 heavy (non-hydrogen) atoms. The largest absolute Gasteiger partial charge is 0.493 e. The first-order valence-electron chi connectivity index (χ1n) is 9.45. The fraction of sp³-hybridized carbons (Fsp3) is 0.444. The van der Waals surface area contributed by atoms with Crippen molar-refractivity contribution in [1.29, 1.82) is 0 Å². The number of rotatable bonds is 4. The second-order valence-corrected chi connectivity index (χ2v) is 7.21. The van der Waals surface area contributed by atoms with Crippen LogP contribution in [0.5, 0.6) is 5.88 Å². The Morgan fingerprint density at radius 3 is 2.82 bits per heavy atom. The predicted molar refractivity (Wildman–Crippen MR) is 101 cm³/mol. The van der Waals surface area contributed by atoms with Gasteiger partial charge in [0.15, 0.2) is 11.1 Å². The van der Waals surface area contributed by atoms with Gasteiger partial charge in [0, 0.05) is 30.5 Å². The van der Waals surface area contributed by atoms with E-state index in [4.69, 9.17) is 14.7 Å². The molecular weight excluding hydrogens is 362 g/mol. The second kappa shape index (κ2) is 6.79. The van der Waals surface area contributed by atoms with Gasteiger partial charge in [0.25, 0.3) is 0 Å². The summed E-state index contributed by atoms with van der Waals surface area (Å²) in [6.45, 7) is 1.48. The number of aromatic hydroxyl groups is 1. The van der Waals surface area contributed by atoms with E-state index in [-0.39, 0.29) is 11.6 Å². The molecule has 0 radical (unpaired) electrons. The van der Waals surface area contributed by atoms with Crippen molar-refractivity contribution in [3.63, 3.8) is 0 Å². The normalized spacial score (nSPS) is 19.6. The van der Waals surface area contributed by atoms with E-state index in [0.717, 1.165) is 50.2 Å². The molecule has 0 spiro atoms. The van der Waals surface area contributed by atoms with Gasteiger partial charge in [0.2, 0.25) is 5.88 Å². The topological polar surface area (TPSA) is 133 Å². The smallest absolute Gasteiger partial charge is 0.326 e. The zero-order chi connectivity index (χ0) is 19.1. The molecule has 3 aromatic rings. The zero-order valence-electron chi connectivity index (χ0n) is 15.2. The Balaban J connectivity index is 1.63. The van der Waals surface area contributed by atoms with Gasteiger partial charge in [0.05, 0.1) is 12.2 Å². The Hall–Kier alpha value is -3.14. The van der Waals surface area contributed by atoms with Crippen molar-refractivity contribution in [2.75, 3.05) is 18.5 Å². The van der Waals surface area contributed by atoms with E-state index in [1.165, 1.54) is 0 Å². The SMILES string of the molecule is O=c1[nH]c(O)c(/C=c2\cnn3c(=NC4CC4)cc(NC4CCOCC4)nc23)[nH]1. The molecule has 0 unspecified atom stereocenters. The van der Waals surface area contributed by atoms with Crippen molar-refractivity contribution in [2.24, 2.45) is 4.99 Å². The van der Waals surface area contributed by atoms with Crippen LogP contribution in [0.4, 0.5) is 5.82 Å². The van der Waals surface area contributed by atoms with Crippen LogP contribution in [0.1, 0.15) is 31.4 Å². The molecule has 2 fully saturated rings. The highest BCUT2D eigenvalue weighted by atomic mass is 16.5. The third-order valence-corrected chi connectivity index (χ3v) is 4.95. The molecule has 4 heterocycles. The molecule has 1 saturated heterocycles. The number of hydrogen-bond acceptors (Lipinski definition) is 7. The Labute approximate surface area is 159 Å². The minimum absolute atomic E-state index is 0.219. The minimum atomic E-state index is -0.473. The molecule has 0 aromatic carbocycles. The number of aromatic nitrogens is 5. The van der Waals surface area contributed by atoms with E-state index in [2.05, 4.69) is 20.4 Å². The van der Waals surface area contributed by atoms with Gasteiger partial charge >= 0.3 is 5.69 Å². The second-order valence-electron chi connectivity index (χ2n) is 7.21. The lowest BCUT2D eigenvalue weighted by Crippen LogP contribution is -2.29. The minimum Gasteiger partial charge on any atom is -0.493 e. The summed E-state index contributed by atoms with van der Waals surface area (Å²) in [5.74, 6) is 0.518. The van der Waals surface area contributed by atoms with Crippen molar-refractivity contribution in [3.8, 4) is 5.88 Å². The number of nitrogens with one attached hydrogen (secondary N) is 3. The first-order valence-corrected chi connectivity index (χ1v) is 9.45. The van der Waals surface area contributed by atoms with Crippen LogP contribution in [-0.2, 0) is 4.74 Å². The number of hydrogen-bond donors (Lipinski definition) is 4. The average molecular weight is 383 g/mol. The number of aromatic amines is 2. The van der Waals surface area contributed by atoms with E-state index in [1.54, 1.807) is 16.8 Å². The molecule has 1 aliphatic heterocycles. The molecule has 0 amide bonds. The van der Waals surface area contributed by atoms with Gasteiger partial charge in [-0.15, -0.1) is 0 Å². The number of fused-ring (bicyclic) bond motifs is 1. The Morgan fingerprint density at radius 1 is 1.29 bits per heavy atom. The zero-order valence-corrected chi connectivity index (χ0v) is 15.2. The number of nitrogens with zero attached hydrogens (tertiary/aromatic N) is 4. The maximum atomic E-state index is 11.4. The molecule has 10 heteroatoms. The van der Waals surface area contributed by atoms with Crippen LogP contribution >= 0.6 is 0 Å². The van der Waals surface area contributed by atoms with E-state index >= 15 is 0 Å². The van der Waals surface area contributed by atoms with E-state index in [0.29, 0.717) is 22.9 Å². The summed E-state index contributed by atoms with van der Waals surface area (Å²) in [6.07, 6.45) is 7.33. The van der Waals surface area contributed by atoms with Crippen molar-refractivity contribution in [1.82, 2.24) is 24.6 Å². The van der Waals surface area contributed by atoms with Crippen LogP contribution in [0.25, 0.3) is 11.7 Å². The third kappa shape index (κ3) is 3.38. The van der Waals surface area contributed by atoms with E-state index in [9.17, 15) is 9.90 Å². The summed E-state index contributed by atoms with van der Waals surface area (Å²) in [7, 11) is 0. The molecule has 146 valence electrons. The molecule has 1 aliphatic carbocycles. The van der Waals surface area contributed by atoms with Crippen LogP contribution in [0.3, 0.4) is 0 Å².